The number of nitro groups is 1. The minimum Gasteiger partial charge on any atom is -0.508 e. The number of phenolic OH excluding ortho intramolecular Hbond substituents is 1. The molecule has 0 saturated carbocycles. The summed E-state index contributed by atoms with van der Waals surface area (Å²) in [5, 5.41) is 35.8. The highest BCUT2D eigenvalue weighted by Gasteiger charge is 2.25. The topological polar surface area (TPSA) is 142 Å². The molecule has 0 fully saturated rings. The molecule has 0 unspecified atom stereocenters. The van der Waals surface area contributed by atoms with Crippen molar-refractivity contribution < 1.29 is 24.7 Å². The molecule has 0 saturated heterocycles. The lowest BCUT2D eigenvalue weighted by molar-refractivity contribution is -0.384. The van der Waals surface area contributed by atoms with Crippen LogP contribution in [0.1, 0.15) is 21.5 Å². The van der Waals surface area contributed by atoms with Crippen molar-refractivity contribution in [1.82, 2.24) is 10.6 Å². The number of rotatable bonds is 10. The highest BCUT2D eigenvalue weighted by molar-refractivity contribution is 5.98. The highest BCUT2D eigenvalue weighted by Crippen LogP contribution is 2.15. The van der Waals surface area contributed by atoms with Crippen molar-refractivity contribution in [2.24, 2.45) is 0 Å². The van der Waals surface area contributed by atoms with Crippen molar-refractivity contribution in [3.63, 3.8) is 0 Å². The van der Waals surface area contributed by atoms with Crippen molar-refractivity contribution in [3.8, 4) is 5.75 Å². The van der Waals surface area contributed by atoms with Gasteiger partial charge in [0.1, 0.15) is 11.8 Å². The van der Waals surface area contributed by atoms with Gasteiger partial charge in [0.2, 0.25) is 5.91 Å². The number of carbonyl (C=O) groups excluding carboxylic acids is 2. The van der Waals surface area contributed by atoms with E-state index in [4.69, 9.17) is 0 Å². The molecule has 176 valence electrons. The van der Waals surface area contributed by atoms with E-state index in [0.29, 0.717) is 12.0 Å². The van der Waals surface area contributed by atoms with E-state index in [2.05, 4.69) is 10.6 Å². The summed E-state index contributed by atoms with van der Waals surface area (Å²) in [7, 11) is 0. The lowest BCUT2D eigenvalue weighted by atomic mass is 10.0. The quantitative estimate of drug-likeness (QED) is 0.269. The van der Waals surface area contributed by atoms with E-state index in [1.165, 1.54) is 30.3 Å². The van der Waals surface area contributed by atoms with Gasteiger partial charge >= 0.3 is 0 Å². The summed E-state index contributed by atoms with van der Waals surface area (Å²) in [5.41, 5.74) is 1.41. The van der Waals surface area contributed by atoms with Gasteiger partial charge in [0, 0.05) is 24.1 Å². The van der Waals surface area contributed by atoms with Crippen molar-refractivity contribution >= 4 is 17.5 Å². The Morgan fingerprint density at radius 3 is 2.21 bits per heavy atom. The average Bonchev–Trinajstić information content (AvgIpc) is 2.85. The zero-order chi connectivity index (χ0) is 24.5. The van der Waals surface area contributed by atoms with Gasteiger partial charge < -0.3 is 20.8 Å². The molecule has 9 nitrogen and oxygen atoms in total. The van der Waals surface area contributed by atoms with Crippen LogP contribution in [0.2, 0.25) is 0 Å². The van der Waals surface area contributed by atoms with E-state index in [1.54, 1.807) is 12.1 Å². The molecular formula is C25H25N3O6. The van der Waals surface area contributed by atoms with Crippen LogP contribution in [0.4, 0.5) is 5.69 Å². The second-order valence-electron chi connectivity index (χ2n) is 7.78. The molecule has 0 heterocycles. The number of hydrogen-bond donors (Lipinski definition) is 4. The van der Waals surface area contributed by atoms with E-state index >= 15 is 0 Å². The fourth-order valence-corrected chi connectivity index (χ4v) is 3.44. The second kappa shape index (κ2) is 11.6. The number of amides is 2. The van der Waals surface area contributed by atoms with Gasteiger partial charge in [-0.3, -0.25) is 19.7 Å². The van der Waals surface area contributed by atoms with Crippen LogP contribution in [0, 0.1) is 10.1 Å². The Hall–Kier alpha value is -4.24. The Morgan fingerprint density at radius 2 is 1.56 bits per heavy atom. The largest absolute Gasteiger partial charge is 0.508 e. The molecule has 0 aliphatic rings. The van der Waals surface area contributed by atoms with Crippen LogP contribution in [0.15, 0.2) is 78.9 Å². The number of aliphatic hydroxyl groups is 1. The Morgan fingerprint density at radius 1 is 0.882 bits per heavy atom. The van der Waals surface area contributed by atoms with E-state index in [-0.39, 0.29) is 30.0 Å². The number of nitrogens with zero attached hydrogens (tertiary/aromatic N) is 1. The Labute approximate surface area is 196 Å². The van der Waals surface area contributed by atoms with Crippen LogP contribution < -0.4 is 10.6 Å². The minimum absolute atomic E-state index is 0.0423. The molecule has 0 aliphatic carbocycles. The predicted octanol–water partition coefficient (Wildman–Crippen LogP) is 2.36. The minimum atomic E-state index is -1.03. The van der Waals surface area contributed by atoms with Gasteiger partial charge in [-0.2, -0.15) is 0 Å². The monoisotopic (exact) mass is 463 g/mol. The fraction of sp³-hybridized carbons (Fsp3) is 0.200. The summed E-state index contributed by atoms with van der Waals surface area (Å²) in [4.78, 5) is 36.4. The Kier molecular flexibility index (Phi) is 8.31. The number of benzene rings is 3. The maximum absolute atomic E-state index is 13.1. The van der Waals surface area contributed by atoms with Crippen LogP contribution in [0.3, 0.4) is 0 Å². The first-order valence-corrected chi connectivity index (χ1v) is 10.6. The first-order chi connectivity index (χ1) is 16.4. The number of nitrogens with one attached hydrogen (secondary N) is 2. The van der Waals surface area contributed by atoms with E-state index < -0.39 is 28.8 Å². The SMILES string of the molecule is O=C(N[C@@H](Cc1ccc(O)cc1)C(=O)N[C@H](CO)Cc1ccccc1)c1cccc([N+](=O)[O-])c1. The molecular weight excluding hydrogens is 438 g/mol. The van der Waals surface area contributed by atoms with Crippen molar-refractivity contribution in [1.29, 1.82) is 0 Å². The predicted molar refractivity (Wildman–Crippen MR) is 125 cm³/mol. The molecule has 9 heteroatoms. The fourth-order valence-electron chi connectivity index (χ4n) is 3.44. The van der Waals surface area contributed by atoms with E-state index in [9.17, 15) is 29.9 Å². The molecule has 34 heavy (non-hydrogen) atoms. The molecule has 3 aromatic carbocycles. The van der Waals surface area contributed by atoms with Gasteiger partial charge in [-0.15, -0.1) is 0 Å². The molecule has 3 aromatic rings. The van der Waals surface area contributed by atoms with E-state index in [1.807, 2.05) is 30.3 Å². The smallest absolute Gasteiger partial charge is 0.270 e. The van der Waals surface area contributed by atoms with Crippen LogP contribution in [-0.2, 0) is 17.6 Å². The summed E-state index contributed by atoms with van der Waals surface area (Å²) in [6.45, 7) is -0.300. The van der Waals surface area contributed by atoms with Crippen LogP contribution in [0.5, 0.6) is 5.75 Å². The summed E-state index contributed by atoms with van der Waals surface area (Å²) in [5.74, 6) is -1.10. The molecule has 0 radical (unpaired) electrons. The van der Waals surface area contributed by atoms with Crippen LogP contribution >= 0.6 is 0 Å². The summed E-state index contributed by atoms with van der Waals surface area (Å²) in [6.07, 6.45) is 0.504. The number of aliphatic hydroxyl groups excluding tert-OH is 1. The van der Waals surface area contributed by atoms with E-state index in [0.717, 1.165) is 11.6 Å². The molecule has 0 aromatic heterocycles. The molecule has 0 aliphatic heterocycles. The number of aromatic hydroxyl groups is 1. The number of phenols is 1. The van der Waals surface area contributed by atoms with Gasteiger partial charge in [0.05, 0.1) is 17.6 Å². The number of nitro benzene ring substituents is 1. The second-order valence-corrected chi connectivity index (χ2v) is 7.78. The van der Waals surface area contributed by atoms with Gasteiger partial charge in [0.25, 0.3) is 11.6 Å². The first-order valence-electron chi connectivity index (χ1n) is 10.6. The summed E-state index contributed by atoms with van der Waals surface area (Å²) < 4.78 is 0. The number of carbonyl (C=O) groups is 2. The third-order valence-electron chi connectivity index (χ3n) is 5.21. The molecule has 0 spiro atoms. The normalized spacial score (nSPS) is 12.4. The van der Waals surface area contributed by atoms with Gasteiger partial charge in [-0.1, -0.05) is 48.5 Å². The number of hydrogen-bond acceptors (Lipinski definition) is 6. The first kappa shape index (κ1) is 24.4. The Balaban J connectivity index is 1.78. The van der Waals surface area contributed by atoms with Crippen LogP contribution in [0.25, 0.3) is 0 Å². The van der Waals surface area contributed by atoms with Crippen molar-refractivity contribution in [3.05, 3.63) is 106 Å². The maximum Gasteiger partial charge on any atom is 0.270 e. The Bertz CT molecular complexity index is 1130. The zero-order valence-corrected chi connectivity index (χ0v) is 18.3. The average molecular weight is 463 g/mol. The van der Waals surface area contributed by atoms with Gasteiger partial charge in [-0.25, -0.2) is 0 Å². The molecule has 4 N–H and O–H groups in total. The summed E-state index contributed by atoms with van der Waals surface area (Å²) >= 11 is 0. The maximum atomic E-state index is 13.1. The van der Waals surface area contributed by atoms with Crippen LogP contribution in [-0.4, -0.2) is 45.6 Å². The molecule has 0 bridgehead atoms. The standard InChI is InChI=1S/C25H25N3O6/c29-16-20(13-17-5-2-1-3-6-17)26-25(32)23(14-18-9-11-22(30)12-10-18)27-24(31)19-7-4-8-21(15-19)28(33)34/h1-12,15,20,23,29-30H,13-14,16H2,(H,26,32)(H,27,31)/t20-,23-/m0/s1. The highest BCUT2D eigenvalue weighted by atomic mass is 16.6. The third kappa shape index (κ3) is 6.88. The van der Waals surface area contributed by atoms with Crippen molar-refractivity contribution in [2.45, 2.75) is 24.9 Å². The summed E-state index contributed by atoms with van der Waals surface area (Å²) in [6, 6.07) is 19.2. The number of non-ortho nitro benzene ring substituents is 1. The zero-order valence-electron chi connectivity index (χ0n) is 18.3. The van der Waals surface area contributed by atoms with Crippen molar-refractivity contribution in [2.75, 3.05) is 6.61 Å². The van der Waals surface area contributed by atoms with Gasteiger partial charge in [0.15, 0.2) is 0 Å². The lowest BCUT2D eigenvalue weighted by Crippen LogP contribution is -2.52. The molecule has 2 amide bonds. The molecule has 2 atom stereocenters. The lowest BCUT2D eigenvalue weighted by Gasteiger charge is -2.23. The third-order valence-corrected chi connectivity index (χ3v) is 5.21. The molecule has 3 rings (SSSR count). The van der Waals surface area contributed by atoms with Gasteiger partial charge in [-0.05, 0) is 35.7 Å².